The molecule has 0 aliphatic carbocycles. The van der Waals surface area contributed by atoms with Crippen molar-refractivity contribution in [3.8, 4) is 0 Å². The van der Waals surface area contributed by atoms with Gasteiger partial charge in [-0.3, -0.25) is 9.89 Å². The highest BCUT2D eigenvalue weighted by Crippen LogP contribution is 2.17. The Morgan fingerprint density at radius 2 is 2.06 bits per heavy atom. The van der Waals surface area contributed by atoms with Crippen molar-refractivity contribution in [3.63, 3.8) is 0 Å². The number of carbonyl (C=O) groups excluding carboxylic acids is 1. The highest BCUT2D eigenvalue weighted by Gasteiger charge is 2.21. The zero-order valence-corrected chi connectivity index (χ0v) is 11.8. The summed E-state index contributed by atoms with van der Waals surface area (Å²) < 4.78 is 0. The van der Waals surface area contributed by atoms with Crippen molar-refractivity contribution in [2.24, 2.45) is 5.92 Å². The lowest BCUT2D eigenvalue weighted by Gasteiger charge is -2.13. The maximum Gasteiger partial charge on any atom is 0.290 e. The van der Waals surface area contributed by atoms with E-state index < -0.39 is 0 Å². The van der Waals surface area contributed by atoms with Gasteiger partial charge in [-0.1, -0.05) is 27.7 Å². The Morgan fingerprint density at radius 1 is 1.39 bits per heavy atom. The van der Waals surface area contributed by atoms with E-state index in [1.807, 2.05) is 27.8 Å². The van der Waals surface area contributed by atoms with Crippen LogP contribution in [0.4, 0.5) is 0 Å². The molecule has 0 radical (unpaired) electrons. The molecule has 1 rings (SSSR count). The third kappa shape index (κ3) is 4.10. The summed E-state index contributed by atoms with van der Waals surface area (Å²) in [7, 11) is 1.89. The van der Waals surface area contributed by atoms with Crippen molar-refractivity contribution in [1.29, 1.82) is 0 Å². The minimum atomic E-state index is -0.232. The Morgan fingerprint density at radius 3 is 2.56 bits per heavy atom. The third-order valence-electron chi connectivity index (χ3n) is 2.56. The Hall–Kier alpha value is -1.43. The smallest absolute Gasteiger partial charge is 0.290 e. The fraction of sp³-hybridized carbons (Fsp3) is 0.750. The lowest BCUT2D eigenvalue weighted by Crippen LogP contribution is -2.32. The number of amides is 1. The van der Waals surface area contributed by atoms with Gasteiger partial charge in [0.2, 0.25) is 5.82 Å². The molecule has 3 N–H and O–H groups in total. The predicted molar refractivity (Wildman–Crippen MR) is 70.5 cm³/mol. The van der Waals surface area contributed by atoms with Crippen LogP contribution in [-0.2, 0) is 5.41 Å². The van der Waals surface area contributed by atoms with E-state index in [4.69, 9.17) is 0 Å². The van der Waals surface area contributed by atoms with Gasteiger partial charge in [0.05, 0.1) is 0 Å². The molecule has 1 aromatic heterocycles. The normalized spacial score (nSPS) is 13.4. The molecule has 0 fully saturated rings. The van der Waals surface area contributed by atoms with E-state index in [2.05, 4.69) is 32.7 Å². The number of nitrogens with one attached hydrogen (secondary N) is 3. The fourth-order valence-electron chi connectivity index (χ4n) is 1.47. The second kappa shape index (κ2) is 5.95. The maximum absolute atomic E-state index is 11.8. The molecule has 0 aliphatic rings. The van der Waals surface area contributed by atoms with Gasteiger partial charge in [-0.25, -0.2) is 4.98 Å². The van der Waals surface area contributed by atoms with Crippen LogP contribution in [-0.4, -0.2) is 41.2 Å². The molecule has 18 heavy (non-hydrogen) atoms. The van der Waals surface area contributed by atoms with Crippen LogP contribution in [0.3, 0.4) is 0 Å². The molecular weight excluding hydrogens is 230 g/mol. The van der Waals surface area contributed by atoms with Gasteiger partial charge < -0.3 is 10.6 Å². The first-order chi connectivity index (χ1) is 8.34. The molecule has 0 aromatic carbocycles. The van der Waals surface area contributed by atoms with Gasteiger partial charge >= 0.3 is 0 Å². The number of aromatic nitrogens is 3. The maximum atomic E-state index is 11.8. The highest BCUT2D eigenvalue weighted by molar-refractivity contribution is 5.90. The molecule has 1 heterocycles. The van der Waals surface area contributed by atoms with Crippen LogP contribution in [0.1, 0.15) is 44.1 Å². The standard InChI is InChI=1S/C12H23N5O/c1-8(6-13-5)7-14-10(18)9-15-11(17-16-9)12(2,3)4/h8,13H,6-7H2,1-5H3,(H,14,18)(H,15,16,17). The van der Waals surface area contributed by atoms with Gasteiger partial charge in [-0.15, -0.1) is 5.10 Å². The quantitative estimate of drug-likeness (QED) is 0.721. The largest absolute Gasteiger partial charge is 0.349 e. The lowest BCUT2D eigenvalue weighted by atomic mass is 9.96. The third-order valence-corrected chi connectivity index (χ3v) is 2.56. The lowest BCUT2D eigenvalue weighted by molar-refractivity contribution is 0.0938. The van der Waals surface area contributed by atoms with Crippen LogP contribution in [0.5, 0.6) is 0 Å². The topological polar surface area (TPSA) is 82.7 Å². The van der Waals surface area contributed by atoms with Crippen molar-refractivity contribution in [1.82, 2.24) is 25.8 Å². The summed E-state index contributed by atoms with van der Waals surface area (Å²) in [5.41, 5.74) is -0.134. The molecule has 6 nitrogen and oxygen atoms in total. The second-order valence-corrected chi connectivity index (χ2v) is 5.63. The summed E-state index contributed by atoms with van der Waals surface area (Å²) in [6, 6.07) is 0. The molecule has 1 atom stereocenters. The minimum Gasteiger partial charge on any atom is -0.349 e. The molecule has 0 aliphatic heterocycles. The zero-order chi connectivity index (χ0) is 13.8. The van der Waals surface area contributed by atoms with Gasteiger partial charge in [0, 0.05) is 12.0 Å². The van der Waals surface area contributed by atoms with Gasteiger partial charge in [0.1, 0.15) is 5.82 Å². The van der Waals surface area contributed by atoms with E-state index in [0.29, 0.717) is 12.5 Å². The Balaban J connectivity index is 2.55. The van der Waals surface area contributed by atoms with Crippen molar-refractivity contribution >= 4 is 5.91 Å². The minimum absolute atomic E-state index is 0.134. The Kier molecular flexibility index (Phi) is 4.84. The summed E-state index contributed by atoms with van der Waals surface area (Å²) in [5, 5.41) is 12.6. The zero-order valence-electron chi connectivity index (χ0n) is 11.8. The molecule has 102 valence electrons. The number of rotatable bonds is 5. The second-order valence-electron chi connectivity index (χ2n) is 5.63. The number of nitrogens with zero attached hydrogens (tertiary/aromatic N) is 2. The van der Waals surface area contributed by atoms with Crippen LogP contribution >= 0.6 is 0 Å². The average Bonchev–Trinajstić information content (AvgIpc) is 2.75. The Labute approximate surface area is 108 Å². The monoisotopic (exact) mass is 253 g/mol. The molecule has 1 aromatic rings. The summed E-state index contributed by atoms with van der Waals surface area (Å²) in [6.45, 7) is 9.59. The van der Waals surface area contributed by atoms with E-state index in [-0.39, 0.29) is 17.1 Å². The summed E-state index contributed by atoms with van der Waals surface area (Å²) >= 11 is 0. The fourth-order valence-corrected chi connectivity index (χ4v) is 1.47. The van der Waals surface area contributed by atoms with E-state index in [1.165, 1.54) is 0 Å². The van der Waals surface area contributed by atoms with E-state index in [9.17, 15) is 4.79 Å². The Bertz CT molecular complexity index is 393. The van der Waals surface area contributed by atoms with Crippen LogP contribution in [0.15, 0.2) is 0 Å². The van der Waals surface area contributed by atoms with Gasteiger partial charge in [0.15, 0.2) is 0 Å². The summed E-state index contributed by atoms with van der Waals surface area (Å²) in [5.74, 6) is 1.07. The summed E-state index contributed by atoms with van der Waals surface area (Å²) in [6.07, 6.45) is 0. The average molecular weight is 253 g/mol. The van der Waals surface area contributed by atoms with E-state index in [0.717, 1.165) is 12.4 Å². The van der Waals surface area contributed by atoms with E-state index in [1.54, 1.807) is 0 Å². The van der Waals surface area contributed by atoms with Crippen LogP contribution in [0, 0.1) is 5.92 Å². The molecule has 1 amide bonds. The first kappa shape index (κ1) is 14.6. The number of hydrogen-bond acceptors (Lipinski definition) is 4. The van der Waals surface area contributed by atoms with Crippen LogP contribution in [0.2, 0.25) is 0 Å². The molecule has 6 heteroatoms. The van der Waals surface area contributed by atoms with Crippen molar-refractivity contribution in [3.05, 3.63) is 11.6 Å². The number of aromatic amines is 1. The van der Waals surface area contributed by atoms with Crippen molar-refractivity contribution in [2.45, 2.75) is 33.1 Å². The molecular formula is C12H23N5O. The molecule has 1 unspecified atom stereocenters. The number of hydrogen-bond donors (Lipinski definition) is 3. The number of carbonyl (C=O) groups is 1. The predicted octanol–water partition coefficient (Wildman–Crippen LogP) is 0.687. The van der Waals surface area contributed by atoms with Crippen LogP contribution < -0.4 is 10.6 Å². The van der Waals surface area contributed by atoms with Crippen molar-refractivity contribution in [2.75, 3.05) is 20.1 Å². The van der Waals surface area contributed by atoms with Gasteiger partial charge in [0.25, 0.3) is 5.91 Å². The van der Waals surface area contributed by atoms with Crippen LogP contribution in [0.25, 0.3) is 0 Å². The highest BCUT2D eigenvalue weighted by atomic mass is 16.2. The molecule has 0 bridgehead atoms. The van der Waals surface area contributed by atoms with Gasteiger partial charge in [-0.05, 0) is 19.5 Å². The number of H-pyrrole nitrogens is 1. The molecule has 0 spiro atoms. The SMILES string of the molecule is CNCC(C)CNC(=O)c1n[nH]c(C(C)(C)C)n1. The first-order valence-corrected chi connectivity index (χ1v) is 6.20. The van der Waals surface area contributed by atoms with E-state index >= 15 is 0 Å². The van der Waals surface area contributed by atoms with Crippen molar-refractivity contribution < 1.29 is 4.79 Å². The molecule has 0 saturated heterocycles. The molecule has 0 saturated carbocycles. The summed E-state index contributed by atoms with van der Waals surface area (Å²) in [4.78, 5) is 16.0. The first-order valence-electron chi connectivity index (χ1n) is 6.20. The van der Waals surface area contributed by atoms with Gasteiger partial charge in [-0.2, -0.15) is 0 Å².